The van der Waals surface area contributed by atoms with Crippen molar-refractivity contribution in [2.24, 2.45) is 17.8 Å². The molecule has 0 aromatic heterocycles. The summed E-state index contributed by atoms with van der Waals surface area (Å²) in [6, 6.07) is 0. The molecule has 0 unspecified atom stereocenters. The van der Waals surface area contributed by atoms with Gasteiger partial charge in [0.25, 0.3) is 0 Å². The van der Waals surface area contributed by atoms with Crippen molar-refractivity contribution in [1.29, 1.82) is 0 Å². The first-order valence-electron chi connectivity index (χ1n) is 3.87. The highest BCUT2D eigenvalue weighted by Gasteiger charge is 2.35. The molecule has 2 aliphatic rings. The van der Waals surface area contributed by atoms with Crippen molar-refractivity contribution >= 4 is 0 Å². The summed E-state index contributed by atoms with van der Waals surface area (Å²) >= 11 is 0. The lowest BCUT2D eigenvalue weighted by Gasteiger charge is -2.11. The Bertz CT molecular complexity index is 140. The summed E-state index contributed by atoms with van der Waals surface area (Å²) in [7, 11) is 0. The third-order valence-corrected chi connectivity index (χ3v) is 2.79. The Labute approximate surface area is 55.9 Å². The van der Waals surface area contributed by atoms with Gasteiger partial charge in [0.15, 0.2) is 0 Å². The molecule has 1 nitrogen and oxygen atoms in total. The highest BCUT2D eigenvalue weighted by molar-refractivity contribution is 5.09. The minimum absolute atomic E-state index is 0.910. The molecule has 0 spiro atoms. The van der Waals surface area contributed by atoms with E-state index in [0.717, 1.165) is 24.3 Å². The summed E-state index contributed by atoms with van der Waals surface area (Å²) in [6.07, 6.45) is 7.63. The van der Waals surface area contributed by atoms with Gasteiger partial charge in [0.05, 0.1) is 6.54 Å². The predicted molar refractivity (Wildman–Crippen MR) is 36.6 cm³/mol. The third-order valence-electron chi connectivity index (χ3n) is 2.79. The molecular weight excluding hydrogens is 110 g/mol. The summed E-state index contributed by atoms with van der Waals surface area (Å²) in [5.41, 5.74) is 3.95. The summed E-state index contributed by atoms with van der Waals surface area (Å²) in [4.78, 5) is 0. The van der Waals surface area contributed by atoms with E-state index in [1.807, 2.05) is 0 Å². The molecule has 3 atom stereocenters. The lowest BCUT2D eigenvalue weighted by molar-refractivity contribution is -0.380. The lowest BCUT2D eigenvalue weighted by Crippen LogP contribution is -2.54. The Balaban J connectivity index is 2.10. The molecule has 0 aliphatic heterocycles. The maximum Gasteiger partial charge on any atom is 0.0774 e. The molecule has 0 amide bonds. The zero-order valence-corrected chi connectivity index (χ0v) is 5.72. The second-order valence-corrected chi connectivity index (χ2v) is 3.33. The van der Waals surface area contributed by atoms with E-state index >= 15 is 0 Å². The van der Waals surface area contributed by atoms with Crippen LogP contribution in [0.15, 0.2) is 12.2 Å². The van der Waals surface area contributed by atoms with E-state index in [1.54, 1.807) is 0 Å². The number of quaternary nitrogens is 1. The Morgan fingerprint density at radius 3 is 2.56 bits per heavy atom. The van der Waals surface area contributed by atoms with Gasteiger partial charge in [-0.05, 0) is 24.7 Å². The average Bonchev–Trinajstić information content (AvgIpc) is 2.45. The van der Waals surface area contributed by atoms with Crippen LogP contribution in [0.3, 0.4) is 0 Å². The van der Waals surface area contributed by atoms with Crippen molar-refractivity contribution in [2.45, 2.75) is 12.8 Å². The van der Waals surface area contributed by atoms with Gasteiger partial charge < -0.3 is 5.73 Å². The Hall–Kier alpha value is -0.300. The Kier molecular flexibility index (Phi) is 1.12. The van der Waals surface area contributed by atoms with Gasteiger partial charge in [-0.1, -0.05) is 12.2 Å². The van der Waals surface area contributed by atoms with E-state index in [4.69, 9.17) is 0 Å². The van der Waals surface area contributed by atoms with Gasteiger partial charge in [0.1, 0.15) is 0 Å². The van der Waals surface area contributed by atoms with Crippen molar-refractivity contribution in [3.05, 3.63) is 12.2 Å². The fourth-order valence-electron chi connectivity index (χ4n) is 2.23. The van der Waals surface area contributed by atoms with E-state index in [2.05, 4.69) is 17.9 Å². The zero-order chi connectivity index (χ0) is 6.27. The van der Waals surface area contributed by atoms with Gasteiger partial charge in [-0.3, -0.25) is 0 Å². The molecule has 1 saturated carbocycles. The highest BCUT2D eigenvalue weighted by Crippen LogP contribution is 2.42. The van der Waals surface area contributed by atoms with Gasteiger partial charge in [-0.25, -0.2) is 0 Å². The molecule has 50 valence electrons. The lowest BCUT2D eigenvalue weighted by atomic mass is 9.94. The number of fused-ring (bicyclic) bond motifs is 2. The Morgan fingerprint density at radius 2 is 2.22 bits per heavy atom. The normalized spacial score (nSPS) is 46.6. The first-order valence-corrected chi connectivity index (χ1v) is 3.87. The topological polar surface area (TPSA) is 27.6 Å². The quantitative estimate of drug-likeness (QED) is 0.491. The largest absolute Gasteiger partial charge is 0.357 e. The molecule has 0 aromatic rings. The first-order chi connectivity index (χ1) is 4.40. The smallest absolute Gasteiger partial charge is 0.0774 e. The van der Waals surface area contributed by atoms with Crippen LogP contribution in [-0.4, -0.2) is 6.54 Å². The van der Waals surface area contributed by atoms with E-state index < -0.39 is 0 Å². The van der Waals surface area contributed by atoms with Crippen LogP contribution in [0.1, 0.15) is 12.8 Å². The first kappa shape index (κ1) is 5.48. The summed E-state index contributed by atoms with van der Waals surface area (Å²) in [6.45, 7) is 1.14. The summed E-state index contributed by atoms with van der Waals surface area (Å²) in [5, 5.41) is 0. The van der Waals surface area contributed by atoms with Crippen LogP contribution in [0.25, 0.3) is 0 Å². The van der Waals surface area contributed by atoms with Crippen LogP contribution in [0.4, 0.5) is 0 Å². The van der Waals surface area contributed by atoms with Crippen LogP contribution < -0.4 is 5.73 Å². The zero-order valence-electron chi connectivity index (χ0n) is 5.72. The van der Waals surface area contributed by atoms with Crippen molar-refractivity contribution < 1.29 is 5.73 Å². The van der Waals surface area contributed by atoms with Gasteiger partial charge in [-0.15, -0.1) is 0 Å². The number of allylic oxidation sites excluding steroid dienone is 2. The maximum atomic E-state index is 3.95. The fraction of sp³-hybridized carbons (Fsp3) is 0.750. The van der Waals surface area contributed by atoms with E-state index in [9.17, 15) is 0 Å². The number of hydrogen-bond donors (Lipinski definition) is 1. The minimum atomic E-state index is 0.910. The second kappa shape index (κ2) is 1.84. The van der Waals surface area contributed by atoms with Gasteiger partial charge in [0.2, 0.25) is 0 Å². The molecule has 2 rings (SSSR count). The third kappa shape index (κ3) is 0.715. The molecule has 3 N–H and O–H groups in total. The molecule has 1 heteroatoms. The predicted octanol–water partition coefficient (Wildman–Crippen LogP) is 0.440. The number of hydrogen-bond acceptors (Lipinski definition) is 0. The van der Waals surface area contributed by atoms with E-state index in [0.29, 0.717) is 0 Å². The van der Waals surface area contributed by atoms with Crippen LogP contribution in [-0.2, 0) is 0 Å². The Morgan fingerprint density at radius 1 is 1.33 bits per heavy atom. The minimum Gasteiger partial charge on any atom is -0.357 e. The van der Waals surface area contributed by atoms with Gasteiger partial charge in [-0.2, -0.15) is 0 Å². The maximum absolute atomic E-state index is 3.95. The number of rotatable bonds is 1. The van der Waals surface area contributed by atoms with E-state index in [-0.39, 0.29) is 0 Å². The van der Waals surface area contributed by atoms with Crippen molar-refractivity contribution in [2.75, 3.05) is 6.54 Å². The van der Waals surface area contributed by atoms with Crippen molar-refractivity contribution in [3.8, 4) is 0 Å². The van der Waals surface area contributed by atoms with Crippen LogP contribution >= 0.6 is 0 Å². The molecule has 2 aliphatic carbocycles. The second-order valence-electron chi connectivity index (χ2n) is 3.33. The van der Waals surface area contributed by atoms with Crippen LogP contribution in [0, 0.1) is 17.8 Å². The molecule has 0 radical (unpaired) electrons. The molecule has 0 aromatic carbocycles. The monoisotopic (exact) mass is 124 g/mol. The molecule has 9 heavy (non-hydrogen) atoms. The van der Waals surface area contributed by atoms with Crippen LogP contribution in [0.5, 0.6) is 0 Å². The van der Waals surface area contributed by atoms with Crippen molar-refractivity contribution in [3.63, 3.8) is 0 Å². The molecule has 1 fully saturated rings. The highest BCUT2D eigenvalue weighted by atomic mass is 14.6. The summed E-state index contributed by atoms with van der Waals surface area (Å²) < 4.78 is 0. The van der Waals surface area contributed by atoms with E-state index in [1.165, 1.54) is 12.8 Å². The fourth-order valence-corrected chi connectivity index (χ4v) is 2.23. The summed E-state index contributed by atoms with van der Waals surface area (Å²) in [5.74, 6) is 2.77. The molecule has 0 heterocycles. The SMILES string of the molecule is [NH3+]C[C@@H]1C[C@@H]2C=C[C@H]1C2. The van der Waals surface area contributed by atoms with Crippen LogP contribution in [0.2, 0.25) is 0 Å². The molecule has 0 saturated heterocycles. The molecular formula is C8H14N+. The van der Waals surface area contributed by atoms with Gasteiger partial charge >= 0.3 is 0 Å². The van der Waals surface area contributed by atoms with Gasteiger partial charge in [0, 0.05) is 5.92 Å². The average molecular weight is 124 g/mol. The van der Waals surface area contributed by atoms with Crippen molar-refractivity contribution in [1.82, 2.24) is 0 Å². The molecule has 2 bridgehead atoms. The standard InChI is InChI=1S/C8H13N/c9-5-8-4-6-1-2-7(8)3-6/h1-2,6-8H,3-5,9H2/p+1/t6-,7+,8+/m1/s1.